The van der Waals surface area contributed by atoms with Crippen molar-refractivity contribution < 1.29 is 28.5 Å². The minimum Gasteiger partial charge on any atom is -0.507 e. The molecule has 1 heterocycles. The Kier molecular flexibility index (Phi) is 6.38. The lowest BCUT2D eigenvalue weighted by Gasteiger charge is -2.31. The maximum atomic E-state index is 14.6. The van der Waals surface area contributed by atoms with Gasteiger partial charge in [-0.2, -0.15) is 0 Å². The molecule has 2 N–H and O–H groups in total. The van der Waals surface area contributed by atoms with E-state index in [0.717, 1.165) is 11.8 Å². The standard InChI is InChI=1S/C28H27F2NO4/c1-5-28(3,15-35-4)26-24(17-6-8-18(9-7-17)27(33)34)25-22(13-19(29)14-23(25)32)31(26)20-10-11-21(30)16(2)12-20/h6-14,32H,5,15H2,1-4H3,(H,33,34). The fourth-order valence-electron chi connectivity index (χ4n) is 4.69. The van der Waals surface area contributed by atoms with Crippen molar-refractivity contribution in [2.45, 2.75) is 32.6 Å². The van der Waals surface area contributed by atoms with Crippen LogP contribution in [0.4, 0.5) is 8.78 Å². The molecule has 1 atom stereocenters. The van der Waals surface area contributed by atoms with Crippen molar-refractivity contribution in [2.24, 2.45) is 0 Å². The van der Waals surface area contributed by atoms with Gasteiger partial charge < -0.3 is 19.5 Å². The van der Waals surface area contributed by atoms with Gasteiger partial charge in [-0.3, -0.25) is 0 Å². The van der Waals surface area contributed by atoms with Gasteiger partial charge in [0, 0.05) is 35.5 Å². The number of carbonyl (C=O) groups is 1. The highest BCUT2D eigenvalue weighted by molar-refractivity contribution is 6.04. The maximum absolute atomic E-state index is 14.6. The molecule has 0 aliphatic heterocycles. The largest absolute Gasteiger partial charge is 0.507 e. The SMILES string of the molecule is CCC(C)(COC)c1c(-c2ccc(C(=O)O)cc2)c2c(O)cc(F)cc2n1-c1ccc(F)c(C)c1. The van der Waals surface area contributed by atoms with Crippen LogP contribution in [0.5, 0.6) is 5.75 Å². The van der Waals surface area contributed by atoms with Crippen molar-refractivity contribution >= 4 is 16.9 Å². The molecule has 0 saturated heterocycles. The lowest BCUT2D eigenvalue weighted by atomic mass is 9.80. The molecule has 3 aromatic carbocycles. The van der Waals surface area contributed by atoms with Gasteiger partial charge >= 0.3 is 5.97 Å². The highest BCUT2D eigenvalue weighted by Gasteiger charge is 2.35. The van der Waals surface area contributed by atoms with E-state index in [4.69, 9.17) is 4.74 Å². The fourth-order valence-corrected chi connectivity index (χ4v) is 4.69. The first-order valence-electron chi connectivity index (χ1n) is 11.3. The van der Waals surface area contributed by atoms with Crippen LogP contribution in [0.25, 0.3) is 27.7 Å². The van der Waals surface area contributed by atoms with E-state index in [1.54, 1.807) is 38.3 Å². The number of aromatic carboxylic acids is 1. The van der Waals surface area contributed by atoms with Crippen LogP contribution in [0.2, 0.25) is 0 Å². The van der Waals surface area contributed by atoms with E-state index < -0.39 is 17.2 Å². The first-order valence-corrected chi connectivity index (χ1v) is 11.3. The molecule has 0 fully saturated rings. The summed E-state index contributed by atoms with van der Waals surface area (Å²) in [6, 6.07) is 13.4. The zero-order chi connectivity index (χ0) is 25.5. The number of hydrogen-bond acceptors (Lipinski definition) is 3. The third-order valence-corrected chi connectivity index (χ3v) is 6.65. The number of rotatable bonds is 7. The van der Waals surface area contributed by atoms with Crippen molar-refractivity contribution in [2.75, 3.05) is 13.7 Å². The van der Waals surface area contributed by atoms with Gasteiger partial charge in [-0.15, -0.1) is 0 Å². The molecule has 0 aliphatic carbocycles. The summed E-state index contributed by atoms with van der Waals surface area (Å²) < 4.78 is 36.2. The topological polar surface area (TPSA) is 71.7 Å². The Labute approximate surface area is 202 Å². The molecule has 0 bridgehead atoms. The number of aromatic nitrogens is 1. The zero-order valence-corrected chi connectivity index (χ0v) is 20.0. The van der Waals surface area contributed by atoms with Crippen molar-refractivity contribution in [1.82, 2.24) is 4.57 Å². The molecule has 0 spiro atoms. The van der Waals surface area contributed by atoms with Crippen molar-refractivity contribution in [3.63, 3.8) is 0 Å². The molecule has 4 aromatic rings. The van der Waals surface area contributed by atoms with E-state index >= 15 is 0 Å². The quantitative estimate of drug-likeness (QED) is 0.313. The van der Waals surface area contributed by atoms with Crippen LogP contribution in [0.15, 0.2) is 54.6 Å². The Bertz CT molecular complexity index is 1430. The molecule has 0 saturated carbocycles. The van der Waals surface area contributed by atoms with Gasteiger partial charge in [-0.1, -0.05) is 26.0 Å². The Morgan fingerprint density at radius 3 is 2.34 bits per heavy atom. The van der Waals surface area contributed by atoms with Gasteiger partial charge in [0.1, 0.15) is 17.4 Å². The number of phenols is 1. The first kappa shape index (κ1) is 24.4. The van der Waals surface area contributed by atoms with E-state index in [1.807, 2.05) is 18.4 Å². The Morgan fingerprint density at radius 2 is 1.77 bits per heavy atom. The van der Waals surface area contributed by atoms with Gasteiger partial charge in [-0.25, -0.2) is 13.6 Å². The minimum absolute atomic E-state index is 0.124. The molecule has 1 aromatic heterocycles. The Morgan fingerprint density at radius 1 is 1.09 bits per heavy atom. The van der Waals surface area contributed by atoms with Crippen LogP contribution < -0.4 is 0 Å². The highest BCUT2D eigenvalue weighted by atomic mass is 19.1. The van der Waals surface area contributed by atoms with Crippen LogP contribution in [-0.4, -0.2) is 34.5 Å². The van der Waals surface area contributed by atoms with E-state index in [0.29, 0.717) is 46.3 Å². The average molecular weight is 480 g/mol. The monoisotopic (exact) mass is 479 g/mol. The van der Waals surface area contributed by atoms with Crippen LogP contribution in [0, 0.1) is 18.6 Å². The predicted molar refractivity (Wildman–Crippen MR) is 132 cm³/mol. The summed E-state index contributed by atoms with van der Waals surface area (Å²) in [6.07, 6.45) is 0.640. The molecule has 182 valence electrons. The van der Waals surface area contributed by atoms with Crippen LogP contribution in [-0.2, 0) is 10.2 Å². The number of aromatic hydroxyl groups is 1. The van der Waals surface area contributed by atoms with Gasteiger partial charge in [0.25, 0.3) is 0 Å². The number of halogens is 2. The third-order valence-electron chi connectivity index (χ3n) is 6.65. The number of carboxylic acids is 1. The van der Waals surface area contributed by atoms with Crippen LogP contribution in [0.3, 0.4) is 0 Å². The average Bonchev–Trinajstić information content (AvgIpc) is 3.17. The number of aryl methyl sites for hydroxylation is 1. The summed E-state index contributed by atoms with van der Waals surface area (Å²) in [4.78, 5) is 11.4. The summed E-state index contributed by atoms with van der Waals surface area (Å²) in [5, 5.41) is 20.7. The second kappa shape index (κ2) is 9.15. The number of methoxy groups -OCH3 is 1. The zero-order valence-electron chi connectivity index (χ0n) is 20.0. The fraction of sp³-hybridized carbons (Fsp3) is 0.250. The lowest BCUT2D eigenvalue weighted by Crippen LogP contribution is -2.30. The number of fused-ring (bicyclic) bond motifs is 1. The summed E-state index contributed by atoms with van der Waals surface area (Å²) >= 11 is 0. The summed E-state index contributed by atoms with van der Waals surface area (Å²) in [7, 11) is 1.60. The van der Waals surface area contributed by atoms with Crippen molar-refractivity contribution in [3.8, 4) is 22.6 Å². The van der Waals surface area contributed by atoms with E-state index in [2.05, 4.69) is 0 Å². The minimum atomic E-state index is -1.05. The van der Waals surface area contributed by atoms with E-state index in [-0.39, 0.29) is 17.1 Å². The summed E-state index contributed by atoms with van der Waals surface area (Å²) in [5.74, 6) is -2.27. The van der Waals surface area contributed by atoms with Gasteiger partial charge in [0.05, 0.1) is 23.1 Å². The van der Waals surface area contributed by atoms with Crippen LogP contribution >= 0.6 is 0 Å². The number of nitrogens with zero attached hydrogens (tertiary/aromatic N) is 1. The second-order valence-corrected chi connectivity index (χ2v) is 9.04. The Balaban J connectivity index is 2.22. The van der Waals surface area contributed by atoms with Crippen LogP contribution in [0.1, 0.15) is 41.9 Å². The highest BCUT2D eigenvalue weighted by Crippen LogP contribution is 2.47. The molecule has 4 rings (SSSR count). The number of ether oxygens (including phenoxy) is 1. The number of benzene rings is 3. The molecule has 0 aliphatic rings. The van der Waals surface area contributed by atoms with Gasteiger partial charge in [0.15, 0.2) is 0 Å². The van der Waals surface area contributed by atoms with Crippen molar-refractivity contribution in [3.05, 3.63) is 83.1 Å². The normalized spacial score (nSPS) is 13.2. The number of phenolic OH excluding ortho intramolecular Hbond substituents is 1. The molecular weight excluding hydrogens is 452 g/mol. The molecule has 35 heavy (non-hydrogen) atoms. The van der Waals surface area contributed by atoms with Gasteiger partial charge in [0.2, 0.25) is 0 Å². The number of hydrogen-bond donors (Lipinski definition) is 2. The maximum Gasteiger partial charge on any atom is 0.335 e. The molecule has 0 amide bonds. The molecule has 5 nitrogen and oxygen atoms in total. The second-order valence-electron chi connectivity index (χ2n) is 9.04. The summed E-state index contributed by atoms with van der Waals surface area (Å²) in [5.41, 5.74) is 3.01. The van der Waals surface area contributed by atoms with Gasteiger partial charge in [-0.05, 0) is 60.9 Å². The molecule has 7 heteroatoms. The van der Waals surface area contributed by atoms with E-state index in [1.165, 1.54) is 24.3 Å². The number of carboxylic acid groups (broad SMARTS) is 1. The lowest BCUT2D eigenvalue weighted by molar-refractivity contribution is 0.0697. The summed E-state index contributed by atoms with van der Waals surface area (Å²) in [6.45, 7) is 6.00. The predicted octanol–water partition coefficient (Wildman–Crippen LogP) is 6.60. The third kappa shape index (κ3) is 4.17. The molecule has 1 unspecified atom stereocenters. The Hall–Kier alpha value is -3.71. The molecule has 0 radical (unpaired) electrons. The van der Waals surface area contributed by atoms with Crippen molar-refractivity contribution in [1.29, 1.82) is 0 Å². The smallest absolute Gasteiger partial charge is 0.335 e. The van der Waals surface area contributed by atoms with E-state index in [9.17, 15) is 23.8 Å². The first-order chi connectivity index (χ1) is 16.6. The molecular formula is C28H27F2NO4.